The molecule has 2 aromatic rings. The van der Waals surface area contributed by atoms with Crippen molar-refractivity contribution in [2.75, 3.05) is 64.1 Å². The Hall–Kier alpha value is -3.06. The van der Waals surface area contributed by atoms with Crippen LogP contribution in [0.25, 0.3) is 11.1 Å². The number of likely N-dealkylation sites (N-methyl/N-ethyl adjacent to an activating group) is 1. The van der Waals surface area contributed by atoms with Crippen molar-refractivity contribution in [3.05, 3.63) is 48.5 Å². The first-order chi connectivity index (χ1) is 14.0. The van der Waals surface area contributed by atoms with E-state index >= 15 is 0 Å². The van der Waals surface area contributed by atoms with E-state index in [1.807, 2.05) is 38.4 Å². The maximum absolute atomic E-state index is 12.6. The second-order valence-electron chi connectivity index (χ2n) is 7.39. The molecule has 1 saturated heterocycles. The molecule has 7 heteroatoms. The van der Waals surface area contributed by atoms with Crippen LogP contribution < -0.4 is 15.5 Å². The third-order valence-electron chi connectivity index (χ3n) is 5.14. The fourth-order valence-electron chi connectivity index (χ4n) is 3.32. The monoisotopic (exact) mass is 395 g/mol. The number of benzene rings is 2. The molecule has 1 fully saturated rings. The van der Waals surface area contributed by atoms with Crippen molar-refractivity contribution in [3.63, 3.8) is 0 Å². The lowest BCUT2D eigenvalue weighted by Gasteiger charge is -2.34. The van der Waals surface area contributed by atoms with E-state index in [9.17, 15) is 9.59 Å². The molecule has 2 N–H and O–H groups in total. The number of hydrogen-bond acceptors (Lipinski definition) is 4. The molecule has 154 valence electrons. The van der Waals surface area contributed by atoms with Crippen LogP contribution in [0.1, 0.15) is 0 Å². The number of carbonyl (C=O) groups excluding carboxylic acids is 2. The highest BCUT2D eigenvalue weighted by Crippen LogP contribution is 2.25. The average molecular weight is 396 g/mol. The van der Waals surface area contributed by atoms with Gasteiger partial charge < -0.3 is 20.4 Å². The second kappa shape index (κ2) is 9.43. The van der Waals surface area contributed by atoms with E-state index in [2.05, 4.69) is 44.7 Å². The Labute approximate surface area is 172 Å². The van der Waals surface area contributed by atoms with Crippen LogP contribution >= 0.6 is 0 Å². The molecule has 29 heavy (non-hydrogen) atoms. The number of hydrogen-bond donors (Lipinski definition) is 2. The summed E-state index contributed by atoms with van der Waals surface area (Å²) in [5.41, 5.74) is 4.09. The first-order valence-electron chi connectivity index (χ1n) is 9.83. The molecular weight excluding hydrogens is 366 g/mol. The van der Waals surface area contributed by atoms with Crippen LogP contribution in [0, 0.1) is 0 Å². The summed E-state index contributed by atoms with van der Waals surface area (Å²) in [7, 11) is 5.67. The smallest absolute Gasteiger partial charge is 0.321 e. The Morgan fingerprint density at radius 2 is 1.66 bits per heavy atom. The molecule has 7 nitrogen and oxygen atoms in total. The normalized spacial score (nSPS) is 14.4. The largest absolute Gasteiger partial charge is 0.378 e. The third-order valence-corrected chi connectivity index (χ3v) is 5.14. The van der Waals surface area contributed by atoms with Gasteiger partial charge in [-0.25, -0.2) is 4.79 Å². The van der Waals surface area contributed by atoms with Crippen LogP contribution in [-0.4, -0.2) is 75.6 Å². The second-order valence-corrected chi connectivity index (χ2v) is 7.39. The van der Waals surface area contributed by atoms with Gasteiger partial charge in [-0.05, 0) is 35.4 Å². The zero-order valence-electron chi connectivity index (χ0n) is 17.3. The minimum Gasteiger partial charge on any atom is -0.378 e. The lowest BCUT2D eigenvalue weighted by molar-refractivity contribution is -0.122. The molecule has 2 aromatic carbocycles. The molecule has 0 radical (unpaired) electrons. The zero-order chi connectivity index (χ0) is 20.8. The van der Waals surface area contributed by atoms with E-state index in [1.54, 1.807) is 11.9 Å². The van der Waals surface area contributed by atoms with Crippen molar-refractivity contribution in [2.45, 2.75) is 0 Å². The zero-order valence-corrected chi connectivity index (χ0v) is 17.3. The number of carbonyl (C=O) groups is 2. The Bertz CT molecular complexity index is 843. The number of nitrogens with one attached hydrogen (secondary N) is 2. The molecule has 3 amide bonds. The molecule has 1 aliphatic heterocycles. The minimum absolute atomic E-state index is 0.00155. The van der Waals surface area contributed by atoms with Gasteiger partial charge in [-0.2, -0.15) is 0 Å². The van der Waals surface area contributed by atoms with Crippen LogP contribution in [0.5, 0.6) is 0 Å². The summed E-state index contributed by atoms with van der Waals surface area (Å²) < 4.78 is 0. The van der Waals surface area contributed by atoms with E-state index in [1.165, 1.54) is 0 Å². The minimum atomic E-state index is -0.107. The van der Waals surface area contributed by atoms with Gasteiger partial charge in [0.2, 0.25) is 5.91 Å². The number of piperazine rings is 1. The van der Waals surface area contributed by atoms with Gasteiger partial charge in [0, 0.05) is 58.7 Å². The van der Waals surface area contributed by atoms with Crippen molar-refractivity contribution in [1.29, 1.82) is 0 Å². The van der Waals surface area contributed by atoms with Crippen molar-refractivity contribution < 1.29 is 9.59 Å². The van der Waals surface area contributed by atoms with E-state index in [-0.39, 0.29) is 11.9 Å². The van der Waals surface area contributed by atoms with Crippen LogP contribution in [0.4, 0.5) is 16.2 Å². The fraction of sp³-hybridized carbons (Fsp3) is 0.364. The van der Waals surface area contributed by atoms with Gasteiger partial charge >= 0.3 is 6.03 Å². The standard InChI is InChI=1S/C22H29N5O2/c1-23-21(28)16-26-11-13-27(14-12-26)22(29)24-19-6-4-5-18(15-19)17-7-9-20(10-8-17)25(2)3/h4-10,15H,11-14,16H2,1-3H3,(H,23,28)(H,24,29). The van der Waals surface area contributed by atoms with E-state index < -0.39 is 0 Å². The molecule has 0 aliphatic carbocycles. The maximum atomic E-state index is 12.6. The summed E-state index contributed by atoms with van der Waals surface area (Å²) in [6.07, 6.45) is 0. The lowest BCUT2D eigenvalue weighted by Crippen LogP contribution is -2.51. The number of nitrogens with zero attached hydrogens (tertiary/aromatic N) is 3. The predicted octanol–water partition coefficient (Wildman–Crippen LogP) is 2.32. The first-order valence-corrected chi connectivity index (χ1v) is 9.83. The molecule has 0 bridgehead atoms. The molecule has 1 heterocycles. The maximum Gasteiger partial charge on any atom is 0.321 e. The molecule has 0 unspecified atom stereocenters. The van der Waals surface area contributed by atoms with Crippen LogP contribution in [-0.2, 0) is 4.79 Å². The third kappa shape index (κ3) is 5.48. The van der Waals surface area contributed by atoms with E-state index in [4.69, 9.17) is 0 Å². The highest BCUT2D eigenvalue weighted by Gasteiger charge is 2.22. The Morgan fingerprint density at radius 3 is 2.28 bits per heavy atom. The highest BCUT2D eigenvalue weighted by molar-refractivity contribution is 5.90. The van der Waals surface area contributed by atoms with Crippen molar-refractivity contribution in [1.82, 2.24) is 15.1 Å². The molecule has 0 spiro atoms. The Morgan fingerprint density at radius 1 is 0.966 bits per heavy atom. The average Bonchev–Trinajstić information content (AvgIpc) is 2.74. The summed E-state index contributed by atoms with van der Waals surface area (Å²) in [6.45, 7) is 2.97. The van der Waals surface area contributed by atoms with Gasteiger partial charge in [0.05, 0.1) is 6.54 Å². The van der Waals surface area contributed by atoms with Crippen molar-refractivity contribution in [3.8, 4) is 11.1 Å². The van der Waals surface area contributed by atoms with Gasteiger partial charge in [0.15, 0.2) is 0 Å². The Kier molecular flexibility index (Phi) is 6.72. The predicted molar refractivity (Wildman–Crippen MR) is 117 cm³/mol. The number of rotatable bonds is 5. The highest BCUT2D eigenvalue weighted by atomic mass is 16.2. The summed E-state index contributed by atoms with van der Waals surface area (Å²) >= 11 is 0. The summed E-state index contributed by atoms with van der Waals surface area (Å²) in [5, 5.41) is 5.63. The lowest BCUT2D eigenvalue weighted by atomic mass is 10.0. The topological polar surface area (TPSA) is 67.9 Å². The van der Waals surface area contributed by atoms with Crippen molar-refractivity contribution in [2.24, 2.45) is 0 Å². The number of anilines is 2. The quantitative estimate of drug-likeness (QED) is 0.815. The number of urea groups is 1. The van der Waals surface area contributed by atoms with E-state index in [0.29, 0.717) is 32.7 Å². The van der Waals surface area contributed by atoms with Crippen LogP contribution in [0.15, 0.2) is 48.5 Å². The van der Waals surface area contributed by atoms with E-state index in [0.717, 1.165) is 22.5 Å². The molecule has 1 aliphatic rings. The molecule has 0 saturated carbocycles. The first kappa shape index (κ1) is 20.7. The van der Waals surface area contributed by atoms with Crippen molar-refractivity contribution >= 4 is 23.3 Å². The van der Waals surface area contributed by atoms with Crippen LogP contribution in [0.3, 0.4) is 0 Å². The fourth-order valence-corrected chi connectivity index (χ4v) is 3.32. The number of amides is 3. The van der Waals surface area contributed by atoms with Gasteiger partial charge in [-0.1, -0.05) is 24.3 Å². The SMILES string of the molecule is CNC(=O)CN1CCN(C(=O)Nc2cccc(-c3ccc(N(C)C)cc3)c2)CC1. The van der Waals surface area contributed by atoms with Gasteiger partial charge in [-0.15, -0.1) is 0 Å². The summed E-state index contributed by atoms with van der Waals surface area (Å²) in [6, 6.07) is 16.1. The summed E-state index contributed by atoms with van der Waals surface area (Å²) in [5.74, 6) is -0.00155. The summed E-state index contributed by atoms with van der Waals surface area (Å²) in [4.78, 5) is 30.0. The van der Waals surface area contributed by atoms with Crippen LogP contribution in [0.2, 0.25) is 0 Å². The van der Waals surface area contributed by atoms with Gasteiger partial charge in [0.25, 0.3) is 0 Å². The molecular formula is C22H29N5O2. The Balaban J connectivity index is 1.59. The van der Waals surface area contributed by atoms with Gasteiger partial charge in [0.1, 0.15) is 0 Å². The van der Waals surface area contributed by atoms with Gasteiger partial charge in [-0.3, -0.25) is 9.69 Å². The molecule has 0 aromatic heterocycles. The molecule has 0 atom stereocenters. The molecule has 3 rings (SSSR count).